The molecule has 2 aromatic rings. The summed E-state index contributed by atoms with van der Waals surface area (Å²) in [5.41, 5.74) is 0.410. The molecule has 1 fully saturated rings. The molecule has 2 heterocycles. The lowest BCUT2D eigenvalue weighted by atomic mass is 9.85. The van der Waals surface area contributed by atoms with Crippen LogP contribution in [0.25, 0.3) is 11.5 Å². The first-order chi connectivity index (χ1) is 10.2. The first kappa shape index (κ1) is 13.6. The van der Waals surface area contributed by atoms with Gasteiger partial charge >= 0.3 is 0 Å². The Morgan fingerprint density at radius 3 is 2.90 bits per heavy atom. The monoisotopic (exact) mass is 287 g/mol. The Kier molecular flexibility index (Phi) is 3.85. The maximum Gasteiger partial charge on any atom is 0.266 e. The lowest BCUT2D eigenvalue weighted by molar-refractivity contribution is -0.127. The normalized spacial score (nSPS) is 14.7. The highest BCUT2D eigenvalue weighted by molar-refractivity contribution is 5.79. The molecule has 1 amide bonds. The second kappa shape index (κ2) is 5.95. The highest BCUT2D eigenvalue weighted by atomic mass is 16.3. The van der Waals surface area contributed by atoms with Gasteiger partial charge in [-0.3, -0.25) is 9.59 Å². The second-order valence-electron chi connectivity index (χ2n) is 5.18. The SMILES string of the molecule is O=C(NCCn1nc(-c2ccco2)ccc1=O)C1CCC1. The van der Waals surface area contributed by atoms with Gasteiger partial charge in [-0.1, -0.05) is 6.42 Å². The van der Waals surface area contributed by atoms with E-state index in [2.05, 4.69) is 10.4 Å². The van der Waals surface area contributed by atoms with E-state index in [4.69, 9.17) is 4.42 Å². The van der Waals surface area contributed by atoms with Gasteiger partial charge < -0.3 is 9.73 Å². The average Bonchev–Trinajstić information content (AvgIpc) is 2.93. The molecule has 0 unspecified atom stereocenters. The molecule has 1 N–H and O–H groups in total. The van der Waals surface area contributed by atoms with Crippen molar-refractivity contribution in [1.29, 1.82) is 0 Å². The lowest BCUT2D eigenvalue weighted by Crippen LogP contribution is -2.37. The molecule has 1 aliphatic rings. The number of aromatic nitrogens is 2. The Morgan fingerprint density at radius 2 is 2.24 bits per heavy atom. The van der Waals surface area contributed by atoms with Gasteiger partial charge in [0.25, 0.3) is 5.56 Å². The van der Waals surface area contributed by atoms with Crippen LogP contribution in [0.4, 0.5) is 0 Å². The van der Waals surface area contributed by atoms with Crippen molar-refractivity contribution in [2.45, 2.75) is 25.8 Å². The van der Waals surface area contributed by atoms with Gasteiger partial charge in [-0.25, -0.2) is 4.68 Å². The molecular formula is C15H17N3O3. The predicted molar refractivity (Wildman–Crippen MR) is 76.5 cm³/mol. The zero-order valence-electron chi connectivity index (χ0n) is 11.6. The molecule has 0 atom stereocenters. The largest absolute Gasteiger partial charge is 0.463 e. The third-order valence-electron chi connectivity index (χ3n) is 3.74. The number of rotatable bonds is 5. The average molecular weight is 287 g/mol. The van der Waals surface area contributed by atoms with Gasteiger partial charge in [0.15, 0.2) is 5.76 Å². The standard InChI is InChI=1S/C15H17N3O3/c19-14-7-6-12(13-5-2-10-21-13)17-18(14)9-8-16-15(20)11-3-1-4-11/h2,5-7,10-11H,1,3-4,8-9H2,(H,16,20). The van der Waals surface area contributed by atoms with Crippen molar-refractivity contribution in [2.24, 2.45) is 5.92 Å². The molecule has 0 saturated heterocycles. The van der Waals surface area contributed by atoms with Gasteiger partial charge in [-0.05, 0) is 31.0 Å². The first-order valence-electron chi connectivity index (χ1n) is 7.14. The fourth-order valence-electron chi connectivity index (χ4n) is 2.26. The van der Waals surface area contributed by atoms with Gasteiger partial charge in [0, 0.05) is 18.5 Å². The highest BCUT2D eigenvalue weighted by Crippen LogP contribution is 2.25. The minimum Gasteiger partial charge on any atom is -0.463 e. The van der Waals surface area contributed by atoms with E-state index < -0.39 is 0 Å². The summed E-state index contributed by atoms with van der Waals surface area (Å²) in [5, 5.41) is 7.10. The van der Waals surface area contributed by atoms with E-state index in [0.29, 0.717) is 24.5 Å². The van der Waals surface area contributed by atoms with Gasteiger partial charge in [0.1, 0.15) is 5.69 Å². The Bertz CT molecular complexity index is 672. The van der Waals surface area contributed by atoms with Crippen molar-refractivity contribution in [3.8, 4) is 11.5 Å². The fourth-order valence-corrected chi connectivity index (χ4v) is 2.26. The molecule has 0 aromatic carbocycles. The van der Waals surface area contributed by atoms with Crippen LogP contribution in [0.1, 0.15) is 19.3 Å². The number of furan rings is 1. The Labute approximate surface area is 121 Å². The summed E-state index contributed by atoms with van der Waals surface area (Å²) < 4.78 is 6.61. The topological polar surface area (TPSA) is 77.1 Å². The quantitative estimate of drug-likeness (QED) is 0.902. The molecule has 21 heavy (non-hydrogen) atoms. The number of hydrogen-bond acceptors (Lipinski definition) is 4. The van der Waals surface area contributed by atoms with Crippen LogP contribution in [0, 0.1) is 5.92 Å². The predicted octanol–water partition coefficient (Wildman–Crippen LogP) is 1.42. The molecular weight excluding hydrogens is 270 g/mol. The molecule has 0 radical (unpaired) electrons. The number of nitrogens with one attached hydrogen (secondary N) is 1. The zero-order chi connectivity index (χ0) is 14.7. The van der Waals surface area contributed by atoms with Crippen molar-refractivity contribution in [3.63, 3.8) is 0 Å². The lowest BCUT2D eigenvalue weighted by Gasteiger charge is -2.24. The van der Waals surface area contributed by atoms with Crippen molar-refractivity contribution < 1.29 is 9.21 Å². The van der Waals surface area contributed by atoms with Gasteiger partial charge in [-0.15, -0.1) is 0 Å². The Morgan fingerprint density at radius 1 is 1.38 bits per heavy atom. The highest BCUT2D eigenvalue weighted by Gasteiger charge is 2.24. The zero-order valence-corrected chi connectivity index (χ0v) is 11.6. The maximum absolute atomic E-state index is 11.8. The van der Waals surface area contributed by atoms with Gasteiger partial charge in [0.2, 0.25) is 5.91 Å². The molecule has 6 nitrogen and oxygen atoms in total. The molecule has 110 valence electrons. The molecule has 3 rings (SSSR count). The minimum atomic E-state index is -0.191. The summed E-state index contributed by atoms with van der Waals surface area (Å²) in [7, 11) is 0. The van der Waals surface area contributed by atoms with E-state index in [1.807, 2.05) is 0 Å². The molecule has 6 heteroatoms. The number of hydrogen-bond donors (Lipinski definition) is 1. The van der Waals surface area contributed by atoms with Crippen LogP contribution in [-0.2, 0) is 11.3 Å². The summed E-state index contributed by atoms with van der Waals surface area (Å²) >= 11 is 0. The van der Waals surface area contributed by atoms with Crippen LogP contribution in [-0.4, -0.2) is 22.2 Å². The van der Waals surface area contributed by atoms with Crippen molar-refractivity contribution in [3.05, 3.63) is 40.9 Å². The second-order valence-corrected chi connectivity index (χ2v) is 5.18. The molecule has 0 bridgehead atoms. The number of carbonyl (C=O) groups excluding carboxylic acids is 1. The van der Waals surface area contributed by atoms with Gasteiger partial charge in [0.05, 0.1) is 12.8 Å². The molecule has 1 saturated carbocycles. The fraction of sp³-hybridized carbons (Fsp3) is 0.400. The van der Waals surface area contributed by atoms with E-state index in [1.54, 1.807) is 24.5 Å². The van der Waals surface area contributed by atoms with E-state index in [0.717, 1.165) is 19.3 Å². The van der Waals surface area contributed by atoms with E-state index in [9.17, 15) is 9.59 Å². The summed E-state index contributed by atoms with van der Waals surface area (Å²) in [4.78, 5) is 23.5. The first-order valence-corrected chi connectivity index (χ1v) is 7.14. The van der Waals surface area contributed by atoms with Crippen LogP contribution in [0.5, 0.6) is 0 Å². The Balaban J connectivity index is 1.63. The van der Waals surface area contributed by atoms with Gasteiger partial charge in [-0.2, -0.15) is 5.10 Å². The van der Waals surface area contributed by atoms with E-state index in [1.165, 1.54) is 10.7 Å². The van der Waals surface area contributed by atoms with Crippen molar-refractivity contribution >= 4 is 5.91 Å². The van der Waals surface area contributed by atoms with E-state index >= 15 is 0 Å². The third kappa shape index (κ3) is 3.04. The van der Waals surface area contributed by atoms with E-state index in [-0.39, 0.29) is 17.4 Å². The van der Waals surface area contributed by atoms with Crippen LogP contribution in [0.15, 0.2) is 39.7 Å². The van der Waals surface area contributed by atoms with Crippen molar-refractivity contribution in [2.75, 3.05) is 6.54 Å². The molecule has 0 spiro atoms. The van der Waals surface area contributed by atoms with Crippen LogP contribution in [0.2, 0.25) is 0 Å². The summed E-state index contributed by atoms with van der Waals surface area (Å²) in [6.07, 6.45) is 4.63. The van der Waals surface area contributed by atoms with Crippen LogP contribution < -0.4 is 10.9 Å². The maximum atomic E-state index is 11.8. The number of nitrogens with zero attached hydrogens (tertiary/aromatic N) is 2. The Hall–Kier alpha value is -2.37. The number of carbonyl (C=O) groups is 1. The summed E-state index contributed by atoms with van der Waals surface area (Å²) in [6, 6.07) is 6.64. The smallest absolute Gasteiger partial charge is 0.266 e. The summed E-state index contributed by atoms with van der Waals surface area (Å²) in [5.74, 6) is 0.850. The molecule has 1 aliphatic carbocycles. The van der Waals surface area contributed by atoms with Crippen LogP contribution >= 0.6 is 0 Å². The summed E-state index contributed by atoms with van der Waals surface area (Å²) in [6.45, 7) is 0.760. The van der Waals surface area contributed by atoms with Crippen molar-refractivity contribution in [1.82, 2.24) is 15.1 Å². The number of amides is 1. The molecule has 0 aliphatic heterocycles. The van der Waals surface area contributed by atoms with Crippen LogP contribution in [0.3, 0.4) is 0 Å². The third-order valence-corrected chi connectivity index (χ3v) is 3.74. The molecule has 2 aromatic heterocycles. The minimum absolute atomic E-state index is 0.0801.